The fourth-order valence-electron chi connectivity index (χ4n) is 6.50. The lowest BCUT2D eigenvalue weighted by Crippen LogP contribution is -2.43. The standard InChI is InChI=1S/C41H70N2O3/c1-3-5-7-9-11-13-14-15-16-17-18-19-21-23-25-29-33-46-41(45)39(34-36-35-42-38-31-28-27-30-37(36)38)43-40(44)32-26-24-22-20-12-10-8-6-4-2/h27-28,30-31,35,39,42H,3-26,29,32-34H2,1-2H3,(H,43,44). The van der Waals surface area contributed by atoms with Crippen LogP contribution >= 0.6 is 0 Å². The molecule has 0 bridgehead atoms. The molecule has 262 valence electrons. The van der Waals surface area contributed by atoms with Gasteiger partial charge in [-0.25, -0.2) is 4.79 Å². The number of H-pyrrole nitrogens is 1. The van der Waals surface area contributed by atoms with Crippen LogP contribution in [0, 0.1) is 0 Å². The summed E-state index contributed by atoms with van der Waals surface area (Å²) in [6, 6.07) is 7.44. The maximum absolute atomic E-state index is 13.2. The molecule has 2 rings (SSSR count). The number of hydrogen-bond donors (Lipinski definition) is 2. The van der Waals surface area contributed by atoms with Crippen molar-refractivity contribution in [3.8, 4) is 0 Å². The Labute approximate surface area is 282 Å². The van der Waals surface area contributed by atoms with E-state index in [0.29, 0.717) is 19.4 Å². The van der Waals surface area contributed by atoms with E-state index in [1.165, 1.54) is 135 Å². The van der Waals surface area contributed by atoms with Crippen molar-refractivity contribution < 1.29 is 14.3 Å². The molecule has 0 saturated heterocycles. The number of hydrogen-bond acceptors (Lipinski definition) is 3. The number of aromatic nitrogens is 1. The zero-order chi connectivity index (χ0) is 32.9. The molecule has 1 atom stereocenters. The Morgan fingerprint density at radius 3 is 1.61 bits per heavy atom. The number of ether oxygens (including phenoxy) is 1. The highest BCUT2D eigenvalue weighted by atomic mass is 16.5. The molecule has 0 saturated carbocycles. The van der Waals surface area contributed by atoms with E-state index in [0.717, 1.165) is 42.1 Å². The Morgan fingerprint density at radius 1 is 0.630 bits per heavy atom. The first-order valence-corrected chi connectivity index (χ1v) is 19.7. The number of fused-ring (bicyclic) bond motifs is 1. The lowest BCUT2D eigenvalue weighted by molar-refractivity contribution is -0.148. The van der Waals surface area contributed by atoms with Gasteiger partial charge in [0.2, 0.25) is 5.91 Å². The van der Waals surface area contributed by atoms with Gasteiger partial charge in [0, 0.05) is 29.9 Å². The molecule has 0 spiro atoms. The van der Waals surface area contributed by atoms with Crippen LogP contribution in [-0.2, 0) is 20.7 Å². The average Bonchev–Trinajstić information content (AvgIpc) is 3.47. The minimum absolute atomic E-state index is 0.0489. The Bertz CT molecular complexity index is 1020. The van der Waals surface area contributed by atoms with Gasteiger partial charge < -0.3 is 15.0 Å². The zero-order valence-corrected chi connectivity index (χ0v) is 30.0. The summed E-state index contributed by atoms with van der Waals surface area (Å²) in [4.78, 5) is 29.3. The third kappa shape index (κ3) is 19.4. The number of esters is 1. The largest absolute Gasteiger partial charge is 0.464 e. The lowest BCUT2D eigenvalue weighted by atomic mass is 10.0. The summed E-state index contributed by atoms with van der Waals surface area (Å²) in [5.74, 6) is -0.362. The van der Waals surface area contributed by atoms with Gasteiger partial charge in [0.25, 0.3) is 0 Å². The van der Waals surface area contributed by atoms with Gasteiger partial charge in [0.05, 0.1) is 6.61 Å². The third-order valence-electron chi connectivity index (χ3n) is 9.47. The van der Waals surface area contributed by atoms with Crippen LogP contribution in [0.4, 0.5) is 0 Å². The molecule has 1 aromatic carbocycles. The number of para-hydroxylation sites is 1. The van der Waals surface area contributed by atoms with Gasteiger partial charge in [-0.1, -0.05) is 180 Å². The molecule has 2 aromatic rings. The fourth-order valence-corrected chi connectivity index (χ4v) is 6.50. The molecular weight excluding hydrogens is 568 g/mol. The summed E-state index contributed by atoms with van der Waals surface area (Å²) in [5.41, 5.74) is 2.07. The van der Waals surface area contributed by atoms with Gasteiger partial charge in [-0.05, 0) is 24.5 Å². The van der Waals surface area contributed by atoms with Crippen LogP contribution < -0.4 is 5.32 Å². The molecule has 1 unspecified atom stereocenters. The van der Waals surface area contributed by atoms with Crippen molar-refractivity contribution in [1.29, 1.82) is 0 Å². The normalized spacial score (nSPS) is 12.0. The molecule has 0 aliphatic rings. The van der Waals surface area contributed by atoms with E-state index in [9.17, 15) is 9.59 Å². The molecular formula is C41H70N2O3. The van der Waals surface area contributed by atoms with Gasteiger partial charge in [0.1, 0.15) is 6.04 Å². The summed E-state index contributed by atoms with van der Waals surface area (Å²) < 4.78 is 5.72. The molecule has 1 amide bonds. The summed E-state index contributed by atoms with van der Waals surface area (Å²) in [7, 11) is 0. The highest BCUT2D eigenvalue weighted by Gasteiger charge is 2.24. The summed E-state index contributed by atoms with van der Waals surface area (Å²) in [5, 5.41) is 4.11. The second-order valence-corrected chi connectivity index (χ2v) is 13.7. The highest BCUT2D eigenvalue weighted by Crippen LogP contribution is 2.20. The Morgan fingerprint density at radius 2 is 1.09 bits per heavy atom. The minimum atomic E-state index is -0.661. The van der Waals surface area contributed by atoms with E-state index < -0.39 is 6.04 Å². The van der Waals surface area contributed by atoms with Crippen molar-refractivity contribution >= 4 is 22.8 Å². The average molecular weight is 639 g/mol. The van der Waals surface area contributed by atoms with Gasteiger partial charge in [-0.2, -0.15) is 0 Å². The van der Waals surface area contributed by atoms with Crippen molar-refractivity contribution in [2.45, 2.75) is 193 Å². The Balaban J connectivity index is 1.61. The monoisotopic (exact) mass is 639 g/mol. The maximum Gasteiger partial charge on any atom is 0.328 e. The molecule has 0 aliphatic carbocycles. The van der Waals surface area contributed by atoms with Crippen molar-refractivity contribution in [2.24, 2.45) is 0 Å². The number of carbonyl (C=O) groups excluding carboxylic acids is 2. The van der Waals surface area contributed by atoms with Crippen molar-refractivity contribution in [3.63, 3.8) is 0 Å². The molecule has 5 nitrogen and oxygen atoms in total. The van der Waals surface area contributed by atoms with Gasteiger partial charge in [0.15, 0.2) is 0 Å². The van der Waals surface area contributed by atoms with Gasteiger partial charge >= 0.3 is 5.97 Å². The quantitative estimate of drug-likeness (QED) is 0.0637. The molecule has 1 aromatic heterocycles. The number of aromatic amines is 1. The van der Waals surface area contributed by atoms with Crippen LogP contribution in [0.5, 0.6) is 0 Å². The van der Waals surface area contributed by atoms with Gasteiger partial charge in [-0.3, -0.25) is 4.79 Å². The predicted molar refractivity (Wildman–Crippen MR) is 196 cm³/mol. The second kappa shape index (κ2) is 27.8. The molecule has 0 fully saturated rings. The van der Waals surface area contributed by atoms with Crippen LogP contribution in [0.2, 0.25) is 0 Å². The number of carbonyl (C=O) groups is 2. The number of unbranched alkanes of at least 4 members (excludes halogenated alkanes) is 23. The first kappa shape index (κ1) is 39.9. The van der Waals surface area contributed by atoms with Gasteiger partial charge in [-0.15, -0.1) is 0 Å². The van der Waals surface area contributed by atoms with Crippen molar-refractivity contribution in [2.75, 3.05) is 6.61 Å². The zero-order valence-electron chi connectivity index (χ0n) is 30.0. The van der Waals surface area contributed by atoms with E-state index >= 15 is 0 Å². The van der Waals surface area contributed by atoms with Crippen LogP contribution in [0.3, 0.4) is 0 Å². The molecule has 0 radical (unpaired) electrons. The topological polar surface area (TPSA) is 71.2 Å². The third-order valence-corrected chi connectivity index (χ3v) is 9.47. The first-order valence-electron chi connectivity index (χ1n) is 19.7. The number of benzene rings is 1. The molecule has 5 heteroatoms. The minimum Gasteiger partial charge on any atom is -0.464 e. The SMILES string of the molecule is CCCCCCCCCCCCCCCCCCOC(=O)C(Cc1c[nH]c2ccccc12)NC(=O)CCCCCCCCCCC. The van der Waals surface area contributed by atoms with E-state index in [1.54, 1.807) is 0 Å². The number of rotatable bonds is 31. The number of nitrogens with one attached hydrogen (secondary N) is 2. The van der Waals surface area contributed by atoms with Crippen LogP contribution in [0.15, 0.2) is 30.5 Å². The van der Waals surface area contributed by atoms with E-state index in [1.807, 2.05) is 24.4 Å². The smallest absolute Gasteiger partial charge is 0.328 e. The molecule has 0 aliphatic heterocycles. The maximum atomic E-state index is 13.2. The van der Waals surface area contributed by atoms with E-state index in [-0.39, 0.29) is 11.9 Å². The Kier molecular flexibility index (Phi) is 24.1. The lowest BCUT2D eigenvalue weighted by Gasteiger charge is -2.18. The summed E-state index contributed by atoms with van der Waals surface area (Å²) >= 11 is 0. The molecule has 1 heterocycles. The highest BCUT2D eigenvalue weighted by molar-refractivity contribution is 5.87. The molecule has 2 N–H and O–H groups in total. The van der Waals surface area contributed by atoms with E-state index in [4.69, 9.17) is 4.74 Å². The summed E-state index contributed by atoms with van der Waals surface area (Å²) in [6.07, 6.45) is 34.9. The van der Waals surface area contributed by atoms with Crippen LogP contribution in [0.25, 0.3) is 10.9 Å². The van der Waals surface area contributed by atoms with Crippen LogP contribution in [0.1, 0.15) is 186 Å². The molecule has 46 heavy (non-hydrogen) atoms. The number of amides is 1. The predicted octanol–water partition coefficient (Wildman–Crippen LogP) is 11.9. The Hall–Kier alpha value is -2.30. The van der Waals surface area contributed by atoms with Crippen molar-refractivity contribution in [1.82, 2.24) is 10.3 Å². The second-order valence-electron chi connectivity index (χ2n) is 13.7. The van der Waals surface area contributed by atoms with E-state index in [2.05, 4.69) is 30.2 Å². The fraction of sp³-hybridized carbons (Fsp3) is 0.756. The summed E-state index contributed by atoms with van der Waals surface area (Å²) in [6.45, 7) is 4.96. The van der Waals surface area contributed by atoms with Crippen molar-refractivity contribution in [3.05, 3.63) is 36.0 Å². The first-order chi connectivity index (χ1) is 22.7. The van der Waals surface area contributed by atoms with Crippen LogP contribution in [-0.4, -0.2) is 29.5 Å².